The van der Waals surface area contributed by atoms with E-state index in [4.69, 9.17) is 0 Å². The zero-order valence-corrected chi connectivity index (χ0v) is 11.4. The Hall–Kier alpha value is -1.62. The van der Waals surface area contributed by atoms with Gasteiger partial charge in [-0.2, -0.15) is 0 Å². The smallest absolute Gasteiger partial charge is 0.199 e. The molecule has 0 aliphatic rings. The van der Waals surface area contributed by atoms with Crippen molar-refractivity contribution in [1.82, 2.24) is 0 Å². The largest absolute Gasteiger partial charge is 0.288 e. The van der Waals surface area contributed by atoms with Gasteiger partial charge in [-0.25, -0.2) is 13.2 Å². The highest BCUT2D eigenvalue weighted by Crippen LogP contribution is 2.22. The summed E-state index contributed by atoms with van der Waals surface area (Å²) in [7, 11) is 0. The summed E-state index contributed by atoms with van der Waals surface area (Å²) in [5, 5.41) is 0. The molecule has 2 aromatic carbocycles. The molecule has 0 spiro atoms. The van der Waals surface area contributed by atoms with Crippen LogP contribution in [0.4, 0.5) is 13.2 Å². The predicted molar refractivity (Wildman–Crippen MR) is 68.6 cm³/mol. The average molecular weight is 329 g/mol. The van der Waals surface area contributed by atoms with Crippen LogP contribution >= 0.6 is 15.9 Å². The molecule has 0 fully saturated rings. The van der Waals surface area contributed by atoms with Crippen molar-refractivity contribution in [2.45, 2.75) is 6.92 Å². The molecule has 0 amide bonds. The van der Waals surface area contributed by atoms with Crippen LogP contribution in [0.2, 0.25) is 0 Å². The van der Waals surface area contributed by atoms with Crippen molar-refractivity contribution in [3.63, 3.8) is 0 Å². The summed E-state index contributed by atoms with van der Waals surface area (Å²) in [6.07, 6.45) is 0. The fourth-order valence-corrected chi connectivity index (χ4v) is 2.00. The molecule has 0 unspecified atom stereocenters. The van der Waals surface area contributed by atoms with E-state index in [9.17, 15) is 18.0 Å². The van der Waals surface area contributed by atoms with Gasteiger partial charge in [0.15, 0.2) is 5.78 Å². The van der Waals surface area contributed by atoms with Crippen molar-refractivity contribution in [2.75, 3.05) is 0 Å². The first-order chi connectivity index (χ1) is 8.90. The Kier molecular flexibility index (Phi) is 3.75. The SMILES string of the molecule is Cc1cc(F)c(C(=O)c2cc(Br)ccc2F)cc1F. The Morgan fingerprint density at radius 1 is 0.947 bits per heavy atom. The first kappa shape index (κ1) is 13.8. The van der Waals surface area contributed by atoms with Gasteiger partial charge in [-0.1, -0.05) is 15.9 Å². The van der Waals surface area contributed by atoms with E-state index in [1.807, 2.05) is 0 Å². The molecule has 1 nitrogen and oxygen atoms in total. The number of benzene rings is 2. The predicted octanol–water partition coefficient (Wildman–Crippen LogP) is 4.41. The lowest BCUT2D eigenvalue weighted by Crippen LogP contribution is -2.08. The van der Waals surface area contributed by atoms with Crippen LogP contribution in [-0.4, -0.2) is 5.78 Å². The second-order valence-electron chi connectivity index (χ2n) is 4.03. The highest BCUT2D eigenvalue weighted by atomic mass is 79.9. The molecule has 0 heterocycles. The monoisotopic (exact) mass is 328 g/mol. The van der Waals surface area contributed by atoms with Crippen molar-refractivity contribution in [3.05, 3.63) is 68.9 Å². The third kappa shape index (κ3) is 2.71. The quantitative estimate of drug-likeness (QED) is 0.746. The molecule has 0 bridgehead atoms. The van der Waals surface area contributed by atoms with Gasteiger partial charge < -0.3 is 0 Å². The second-order valence-corrected chi connectivity index (χ2v) is 4.95. The number of carbonyl (C=O) groups is 1. The molecule has 0 saturated heterocycles. The molecule has 0 radical (unpaired) electrons. The van der Waals surface area contributed by atoms with Gasteiger partial charge in [-0.15, -0.1) is 0 Å². The minimum absolute atomic E-state index is 0.0868. The van der Waals surface area contributed by atoms with E-state index in [1.54, 1.807) is 0 Å². The fraction of sp³-hybridized carbons (Fsp3) is 0.0714. The topological polar surface area (TPSA) is 17.1 Å². The summed E-state index contributed by atoms with van der Waals surface area (Å²) in [5.41, 5.74) is -0.708. The minimum Gasteiger partial charge on any atom is -0.288 e. The summed E-state index contributed by atoms with van der Waals surface area (Å²) in [4.78, 5) is 12.0. The molecule has 0 aliphatic carbocycles. The lowest BCUT2D eigenvalue weighted by Gasteiger charge is -2.06. The van der Waals surface area contributed by atoms with Gasteiger partial charge in [0.1, 0.15) is 17.5 Å². The van der Waals surface area contributed by atoms with E-state index >= 15 is 0 Å². The third-order valence-corrected chi connectivity index (χ3v) is 3.16. The Morgan fingerprint density at radius 3 is 2.26 bits per heavy atom. The number of carbonyl (C=O) groups excluding carboxylic acids is 1. The molecular formula is C14H8BrF3O. The molecule has 0 N–H and O–H groups in total. The number of hydrogen-bond acceptors (Lipinski definition) is 1. The summed E-state index contributed by atoms with van der Waals surface area (Å²) in [5.74, 6) is -3.26. The van der Waals surface area contributed by atoms with Crippen molar-refractivity contribution < 1.29 is 18.0 Å². The third-order valence-electron chi connectivity index (χ3n) is 2.67. The van der Waals surface area contributed by atoms with Crippen LogP contribution < -0.4 is 0 Å². The van der Waals surface area contributed by atoms with Crippen LogP contribution in [0, 0.1) is 24.4 Å². The van der Waals surface area contributed by atoms with E-state index < -0.39 is 28.8 Å². The first-order valence-electron chi connectivity index (χ1n) is 5.35. The standard InChI is InChI=1S/C14H8BrF3O/c1-7-4-13(18)10(6-12(7)17)14(19)9-5-8(15)2-3-11(9)16/h2-6H,1H3. The molecule has 0 atom stereocenters. The average Bonchev–Trinajstić information content (AvgIpc) is 2.36. The number of rotatable bonds is 2. The summed E-state index contributed by atoms with van der Waals surface area (Å²) >= 11 is 3.10. The highest BCUT2D eigenvalue weighted by molar-refractivity contribution is 9.10. The Labute approximate surface area is 116 Å². The van der Waals surface area contributed by atoms with Crippen LogP contribution in [-0.2, 0) is 0 Å². The number of halogens is 4. The fourth-order valence-electron chi connectivity index (χ4n) is 1.64. The van der Waals surface area contributed by atoms with E-state index in [1.165, 1.54) is 19.1 Å². The Morgan fingerprint density at radius 2 is 1.58 bits per heavy atom. The summed E-state index contributed by atoms with van der Waals surface area (Å²) < 4.78 is 41.1. The van der Waals surface area contributed by atoms with Crippen molar-refractivity contribution >= 4 is 21.7 Å². The summed E-state index contributed by atoms with van der Waals surface area (Å²) in [6, 6.07) is 5.43. The van der Waals surface area contributed by atoms with Crippen LogP contribution in [0.1, 0.15) is 21.5 Å². The van der Waals surface area contributed by atoms with Crippen LogP contribution in [0.5, 0.6) is 0 Å². The zero-order chi connectivity index (χ0) is 14.2. The first-order valence-corrected chi connectivity index (χ1v) is 6.15. The van der Waals surface area contributed by atoms with E-state index in [0.29, 0.717) is 4.47 Å². The molecule has 2 aromatic rings. The Bertz CT molecular complexity index is 668. The molecule has 2 rings (SSSR count). The molecular weight excluding hydrogens is 321 g/mol. The van der Waals surface area contributed by atoms with Gasteiger partial charge in [0.25, 0.3) is 0 Å². The van der Waals surface area contributed by atoms with Crippen LogP contribution in [0.3, 0.4) is 0 Å². The minimum atomic E-state index is -0.893. The van der Waals surface area contributed by atoms with Gasteiger partial charge >= 0.3 is 0 Å². The second kappa shape index (κ2) is 5.17. The van der Waals surface area contributed by atoms with Crippen LogP contribution in [0.15, 0.2) is 34.8 Å². The van der Waals surface area contributed by atoms with Gasteiger partial charge in [0.2, 0.25) is 0 Å². The zero-order valence-electron chi connectivity index (χ0n) is 9.81. The van der Waals surface area contributed by atoms with Gasteiger partial charge in [-0.3, -0.25) is 4.79 Å². The van der Waals surface area contributed by atoms with E-state index in [-0.39, 0.29) is 11.1 Å². The molecule has 0 saturated carbocycles. The van der Waals surface area contributed by atoms with Crippen LogP contribution in [0.25, 0.3) is 0 Å². The van der Waals surface area contributed by atoms with Gasteiger partial charge in [0, 0.05) is 4.47 Å². The molecule has 0 aliphatic heterocycles. The molecule has 98 valence electrons. The normalized spacial score (nSPS) is 10.6. The number of aryl methyl sites for hydroxylation is 1. The van der Waals surface area contributed by atoms with E-state index in [0.717, 1.165) is 18.2 Å². The maximum absolute atomic E-state index is 13.7. The van der Waals surface area contributed by atoms with Gasteiger partial charge in [-0.05, 0) is 42.8 Å². The maximum atomic E-state index is 13.7. The lowest BCUT2D eigenvalue weighted by molar-refractivity contribution is 0.103. The molecule has 19 heavy (non-hydrogen) atoms. The Balaban J connectivity index is 2.56. The maximum Gasteiger partial charge on any atom is 0.199 e. The van der Waals surface area contributed by atoms with Crippen molar-refractivity contribution in [1.29, 1.82) is 0 Å². The number of hydrogen-bond donors (Lipinski definition) is 0. The van der Waals surface area contributed by atoms with Gasteiger partial charge in [0.05, 0.1) is 11.1 Å². The molecule has 5 heteroatoms. The van der Waals surface area contributed by atoms with E-state index in [2.05, 4.69) is 15.9 Å². The highest BCUT2D eigenvalue weighted by Gasteiger charge is 2.19. The van der Waals surface area contributed by atoms with Crippen molar-refractivity contribution in [2.24, 2.45) is 0 Å². The van der Waals surface area contributed by atoms with Crippen molar-refractivity contribution in [3.8, 4) is 0 Å². The molecule has 0 aromatic heterocycles. The number of ketones is 1. The lowest BCUT2D eigenvalue weighted by atomic mass is 10.0. The summed E-state index contributed by atoms with van der Waals surface area (Å²) in [6.45, 7) is 1.38.